The molecule has 2 aliphatic rings. The van der Waals surface area contributed by atoms with Gasteiger partial charge in [-0.05, 0) is 56.6 Å². The van der Waals surface area contributed by atoms with Crippen LogP contribution in [0.2, 0.25) is 0 Å². The molecule has 2 bridgehead atoms. The molecule has 1 aromatic heterocycles. The van der Waals surface area contributed by atoms with Crippen molar-refractivity contribution in [1.82, 2.24) is 5.32 Å². The molecule has 4 nitrogen and oxygen atoms in total. The average Bonchev–Trinajstić information content (AvgIpc) is 2.89. The molecule has 6 heteroatoms. The predicted octanol–water partition coefficient (Wildman–Crippen LogP) is 3.01. The lowest BCUT2D eigenvalue weighted by Gasteiger charge is -2.45. The highest BCUT2D eigenvalue weighted by Crippen LogP contribution is 2.39. The van der Waals surface area contributed by atoms with Gasteiger partial charge in [0.2, 0.25) is 0 Å². The molecule has 3 rings (SSSR count). The number of hydrogen-bond acceptors (Lipinski definition) is 4. The molecule has 1 heterocycles. The smallest absolute Gasteiger partial charge is 0.261 e. The summed E-state index contributed by atoms with van der Waals surface area (Å²) in [6.45, 7) is 1.53. The van der Waals surface area contributed by atoms with E-state index in [0.29, 0.717) is 27.6 Å². The molecule has 0 aliphatic heterocycles. The molecule has 1 aromatic rings. The SMILES string of the molecule is CC(=O)c1ccc(C(=O)NC2C3CCCC2CC(N)C3)s1.Cl. The summed E-state index contributed by atoms with van der Waals surface area (Å²) < 4.78 is 0. The summed E-state index contributed by atoms with van der Waals surface area (Å²) in [5, 5.41) is 3.21. The van der Waals surface area contributed by atoms with Crippen LogP contribution in [0.3, 0.4) is 0 Å². The molecule has 2 aliphatic carbocycles. The van der Waals surface area contributed by atoms with Gasteiger partial charge in [0.05, 0.1) is 9.75 Å². The van der Waals surface area contributed by atoms with Crippen LogP contribution < -0.4 is 11.1 Å². The van der Waals surface area contributed by atoms with Gasteiger partial charge in [0.25, 0.3) is 5.91 Å². The summed E-state index contributed by atoms with van der Waals surface area (Å²) in [5.74, 6) is 1.01. The summed E-state index contributed by atoms with van der Waals surface area (Å²) >= 11 is 1.28. The number of thiophene rings is 1. The van der Waals surface area contributed by atoms with Crippen LogP contribution in [0.25, 0.3) is 0 Å². The number of ketones is 1. The molecular weight excluding hydrogens is 320 g/mol. The number of hydrogen-bond donors (Lipinski definition) is 2. The number of nitrogens with two attached hydrogens (primary N) is 1. The molecule has 0 spiro atoms. The van der Waals surface area contributed by atoms with Gasteiger partial charge < -0.3 is 11.1 Å². The number of Topliss-reactive ketones (excluding diaryl/α,β-unsaturated/α-hetero) is 1. The Labute approximate surface area is 141 Å². The highest BCUT2D eigenvalue weighted by Gasteiger charge is 2.40. The lowest BCUT2D eigenvalue weighted by Crippen LogP contribution is -2.53. The Kier molecular flexibility index (Phi) is 5.64. The van der Waals surface area contributed by atoms with E-state index in [1.807, 2.05) is 0 Å². The van der Waals surface area contributed by atoms with Crippen molar-refractivity contribution in [1.29, 1.82) is 0 Å². The Hall–Kier alpha value is -0.910. The maximum atomic E-state index is 12.4. The second-order valence-corrected chi connectivity index (χ2v) is 7.49. The number of carbonyl (C=O) groups excluding carboxylic acids is 2. The van der Waals surface area contributed by atoms with Crippen LogP contribution in [0.1, 0.15) is 58.4 Å². The zero-order chi connectivity index (χ0) is 15.0. The van der Waals surface area contributed by atoms with Crippen molar-refractivity contribution >= 4 is 35.4 Å². The lowest BCUT2D eigenvalue weighted by molar-refractivity contribution is 0.0759. The molecule has 3 N–H and O–H groups in total. The third-order valence-corrected chi connectivity index (χ3v) is 6.04. The van der Waals surface area contributed by atoms with E-state index in [4.69, 9.17) is 5.73 Å². The Morgan fingerprint density at radius 2 is 1.77 bits per heavy atom. The maximum absolute atomic E-state index is 12.4. The van der Waals surface area contributed by atoms with E-state index in [1.165, 1.54) is 24.7 Å². The zero-order valence-corrected chi connectivity index (χ0v) is 14.3. The fourth-order valence-corrected chi connectivity index (χ4v) is 4.70. The highest BCUT2D eigenvalue weighted by atomic mass is 35.5. The monoisotopic (exact) mass is 342 g/mol. The molecule has 2 atom stereocenters. The number of nitrogens with one attached hydrogen (secondary N) is 1. The molecule has 0 radical (unpaired) electrons. The summed E-state index contributed by atoms with van der Waals surface area (Å²) in [7, 11) is 0. The largest absolute Gasteiger partial charge is 0.348 e. The minimum atomic E-state index is -0.0372. The van der Waals surface area contributed by atoms with Gasteiger partial charge in [0, 0.05) is 12.1 Å². The molecule has 2 unspecified atom stereocenters. The minimum absolute atomic E-state index is 0. The van der Waals surface area contributed by atoms with Crippen LogP contribution in [0.15, 0.2) is 12.1 Å². The molecular formula is C16H23ClN2O2S. The first kappa shape index (κ1) is 17.4. The van der Waals surface area contributed by atoms with E-state index >= 15 is 0 Å². The third-order valence-electron chi connectivity index (χ3n) is 4.85. The Bertz CT molecular complexity index is 546. The topological polar surface area (TPSA) is 72.2 Å². The normalized spacial score (nSPS) is 30.3. The minimum Gasteiger partial charge on any atom is -0.348 e. The molecule has 0 saturated heterocycles. The van der Waals surface area contributed by atoms with E-state index in [0.717, 1.165) is 25.7 Å². The van der Waals surface area contributed by atoms with Gasteiger partial charge in [-0.25, -0.2) is 0 Å². The standard InChI is InChI=1S/C16H22N2O2S.ClH/c1-9(19)13-5-6-14(21-13)16(20)18-15-10-3-2-4-11(15)8-12(17)7-10;/h5-6,10-12,15H,2-4,7-8,17H2,1H3,(H,18,20);1H. The molecule has 122 valence electrons. The molecule has 1 amide bonds. The summed E-state index contributed by atoms with van der Waals surface area (Å²) in [5.41, 5.74) is 6.12. The van der Waals surface area contributed by atoms with E-state index in [1.54, 1.807) is 12.1 Å². The number of amides is 1. The summed E-state index contributed by atoms with van der Waals surface area (Å²) in [6.07, 6.45) is 5.62. The first-order valence-corrected chi connectivity index (χ1v) is 8.53. The van der Waals surface area contributed by atoms with Crippen LogP contribution in [0.5, 0.6) is 0 Å². The molecule has 2 saturated carbocycles. The second-order valence-electron chi connectivity index (χ2n) is 6.40. The fraction of sp³-hybridized carbons (Fsp3) is 0.625. The van der Waals surface area contributed by atoms with Gasteiger partial charge in [0.15, 0.2) is 5.78 Å². The van der Waals surface area contributed by atoms with Crippen LogP contribution in [0.4, 0.5) is 0 Å². The Morgan fingerprint density at radius 3 is 2.32 bits per heavy atom. The quantitative estimate of drug-likeness (QED) is 0.829. The van der Waals surface area contributed by atoms with Crippen molar-refractivity contribution in [2.45, 2.75) is 51.1 Å². The van der Waals surface area contributed by atoms with Crippen LogP contribution >= 0.6 is 23.7 Å². The highest BCUT2D eigenvalue weighted by molar-refractivity contribution is 7.15. The van der Waals surface area contributed by atoms with Gasteiger partial charge in [-0.15, -0.1) is 23.7 Å². The van der Waals surface area contributed by atoms with Crippen LogP contribution in [-0.2, 0) is 0 Å². The summed E-state index contributed by atoms with van der Waals surface area (Å²) in [4.78, 5) is 25.0. The van der Waals surface area contributed by atoms with Crippen molar-refractivity contribution < 1.29 is 9.59 Å². The van der Waals surface area contributed by atoms with Crippen LogP contribution in [-0.4, -0.2) is 23.8 Å². The van der Waals surface area contributed by atoms with Crippen molar-refractivity contribution in [2.24, 2.45) is 17.6 Å². The van der Waals surface area contributed by atoms with Crippen molar-refractivity contribution in [3.05, 3.63) is 21.9 Å². The maximum Gasteiger partial charge on any atom is 0.261 e. The van der Waals surface area contributed by atoms with Crippen LogP contribution in [0, 0.1) is 11.8 Å². The average molecular weight is 343 g/mol. The first-order chi connectivity index (χ1) is 10.0. The second kappa shape index (κ2) is 7.11. The van der Waals surface area contributed by atoms with Gasteiger partial charge in [0.1, 0.15) is 0 Å². The zero-order valence-electron chi connectivity index (χ0n) is 12.7. The Balaban J connectivity index is 0.00000176. The van der Waals surface area contributed by atoms with Gasteiger partial charge >= 0.3 is 0 Å². The van der Waals surface area contributed by atoms with E-state index in [-0.39, 0.29) is 30.1 Å². The molecule has 22 heavy (non-hydrogen) atoms. The van der Waals surface area contributed by atoms with E-state index < -0.39 is 0 Å². The van der Waals surface area contributed by atoms with Crippen molar-refractivity contribution in [3.8, 4) is 0 Å². The van der Waals surface area contributed by atoms with E-state index in [2.05, 4.69) is 5.32 Å². The number of fused-ring (bicyclic) bond motifs is 2. The first-order valence-electron chi connectivity index (χ1n) is 7.72. The van der Waals surface area contributed by atoms with Crippen molar-refractivity contribution in [2.75, 3.05) is 0 Å². The van der Waals surface area contributed by atoms with Gasteiger partial charge in [-0.1, -0.05) is 6.42 Å². The number of rotatable bonds is 3. The lowest BCUT2D eigenvalue weighted by atomic mass is 9.67. The number of carbonyl (C=O) groups is 2. The molecule has 2 fully saturated rings. The molecule has 0 aromatic carbocycles. The van der Waals surface area contributed by atoms with Gasteiger partial charge in [-0.2, -0.15) is 0 Å². The van der Waals surface area contributed by atoms with Crippen molar-refractivity contribution in [3.63, 3.8) is 0 Å². The number of halogens is 1. The Morgan fingerprint density at radius 1 is 1.18 bits per heavy atom. The summed E-state index contributed by atoms with van der Waals surface area (Å²) in [6, 6.07) is 4.04. The third kappa shape index (κ3) is 3.53. The predicted molar refractivity (Wildman–Crippen MR) is 90.9 cm³/mol. The van der Waals surface area contributed by atoms with E-state index in [9.17, 15) is 9.59 Å². The van der Waals surface area contributed by atoms with Gasteiger partial charge in [-0.3, -0.25) is 9.59 Å². The fourth-order valence-electron chi connectivity index (χ4n) is 3.90.